The molecule has 0 atom stereocenters. The van der Waals surface area contributed by atoms with Gasteiger partial charge in [0.1, 0.15) is 0 Å². The lowest BCUT2D eigenvalue weighted by molar-refractivity contribution is -0.163. The Labute approximate surface area is 257 Å². The topological polar surface area (TPSA) is 55.9 Å². The minimum Gasteiger partial charge on any atom is -0.382 e. The summed E-state index contributed by atoms with van der Waals surface area (Å²) in [6.45, 7) is 2.70. The first kappa shape index (κ1) is 33.7. The standard InChI is InChI=1S/C31H36F6N4O2S/c1-39(2)20-27(43)41-17-11-21(12-18-41)38-22-7-6-8-23(19-22)44-26-10-9-24(25(42)13-16-40-14-4-3-5-15-40)28(30(32,33)34)29(26)31(35,36)37/h6-10,13,16,19,21,38H,3-5,11-12,14-15,17-18,20H2,1-2H3. The second kappa shape index (κ2) is 14.3. The Hall–Kier alpha value is -3.19. The summed E-state index contributed by atoms with van der Waals surface area (Å²) < 4.78 is 85.7. The van der Waals surface area contributed by atoms with Gasteiger partial charge in [0.15, 0.2) is 5.78 Å². The number of alkyl halides is 6. The van der Waals surface area contributed by atoms with Crippen LogP contribution in [0.5, 0.6) is 0 Å². The van der Waals surface area contributed by atoms with Crippen molar-refractivity contribution >= 4 is 29.1 Å². The monoisotopic (exact) mass is 642 g/mol. The molecule has 0 saturated carbocycles. The Morgan fingerprint density at radius 1 is 0.932 bits per heavy atom. The molecule has 1 N–H and O–H groups in total. The highest BCUT2D eigenvalue weighted by Crippen LogP contribution is 2.48. The number of halogens is 6. The number of anilines is 1. The van der Waals surface area contributed by atoms with Gasteiger partial charge in [-0.25, -0.2) is 0 Å². The number of nitrogens with one attached hydrogen (secondary N) is 1. The molecule has 0 spiro atoms. The predicted molar refractivity (Wildman–Crippen MR) is 158 cm³/mol. The summed E-state index contributed by atoms with van der Waals surface area (Å²) in [5.74, 6) is -1.10. The highest BCUT2D eigenvalue weighted by Gasteiger charge is 2.47. The molecule has 0 aromatic heterocycles. The van der Waals surface area contributed by atoms with Crippen molar-refractivity contribution in [2.24, 2.45) is 0 Å². The lowest BCUT2D eigenvalue weighted by Crippen LogP contribution is -2.45. The van der Waals surface area contributed by atoms with Gasteiger partial charge in [0, 0.05) is 65.5 Å². The van der Waals surface area contributed by atoms with Crippen LogP contribution in [-0.2, 0) is 17.1 Å². The molecule has 2 aromatic carbocycles. The van der Waals surface area contributed by atoms with Crippen LogP contribution in [0.25, 0.3) is 0 Å². The van der Waals surface area contributed by atoms with Crippen molar-refractivity contribution in [1.29, 1.82) is 0 Å². The van der Waals surface area contributed by atoms with Gasteiger partial charge in [0.05, 0.1) is 17.7 Å². The van der Waals surface area contributed by atoms with Crippen LogP contribution in [-0.4, -0.2) is 79.3 Å². The average molecular weight is 643 g/mol. The SMILES string of the molecule is CN(C)CC(=O)N1CCC(Nc2cccc(Sc3ccc(C(=O)C=CN4CCCCC4)c(C(F)(F)F)c3C(F)(F)F)c2)CC1. The van der Waals surface area contributed by atoms with Crippen molar-refractivity contribution in [1.82, 2.24) is 14.7 Å². The van der Waals surface area contributed by atoms with E-state index in [9.17, 15) is 35.9 Å². The van der Waals surface area contributed by atoms with Crippen LogP contribution in [0, 0.1) is 0 Å². The second-order valence-corrected chi connectivity index (χ2v) is 12.4. The van der Waals surface area contributed by atoms with E-state index in [-0.39, 0.29) is 11.9 Å². The Morgan fingerprint density at radius 3 is 2.20 bits per heavy atom. The minimum atomic E-state index is -5.42. The molecule has 2 fully saturated rings. The average Bonchev–Trinajstić information content (AvgIpc) is 2.95. The molecule has 4 rings (SSSR count). The van der Waals surface area contributed by atoms with E-state index < -0.39 is 39.7 Å². The van der Waals surface area contributed by atoms with E-state index in [0.717, 1.165) is 37.5 Å². The summed E-state index contributed by atoms with van der Waals surface area (Å²) in [7, 11) is 3.64. The number of hydrogen-bond acceptors (Lipinski definition) is 6. The number of hydrogen-bond donors (Lipinski definition) is 1. The van der Waals surface area contributed by atoms with Crippen molar-refractivity contribution in [3.05, 3.63) is 65.4 Å². The number of carbonyl (C=O) groups is 2. The van der Waals surface area contributed by atoms with Crippen molar-refractivity contribution < 1.29 is 35.9 Å². The summed E-state index contributed by atoms with van der Waals surface area (Å²) in [6, 6.07) is 8.23. The maximum Gasteiger partial charge on any atom is 0.418 e. The van der Waals surface area contributed by atoms with E-state index in [4.69, 9.17) is 0 Å². The molecule has 44 heavy (non-hydrogen) atoms. The fourth-order valence-electron chi connectivity index (χ4n) is 5.44. The van der Waals surface area contributed by atoms with Crippen LogP contribution in [0.1, 0.15) is 53.6 Å². The first-order valence-corrected chi connectivity index (χ1v) is 15.3. The van der Waals surface area contributed by atoms with Gasteiger partial charge in [-0.15, -0.1) is 0 Å². The number of carbonyl (C=O) groups excluding carboxylic acids is 2. The van der Waals surface area contributed by atoms with Crippen molar-refractivity contribution in [3.8, 4) is 0 Å². The van der Waals surface area contributed by atoms with Gasteiger partial charge in [0.2, 0.25) is 5.91 Å². The van der Waals surface area contributed by atoms with E-state index in [1.807, 2.05) is 14.1 Å². The smallest absolute Gasteiger partial charge is 0.382 e. The molecule has 0 bridgehead atoms. The molecule has 6 nitrogen and oxygen atoms in total. The third kappa shape index (κ3) is 8.93. The van der Waals surface area contributed by atoms with E-state index >= 15 is 0 Å². The highest BCUT2D eigenvalue weighted by atomic mass is 32.2. The highest BCUT2D eigenvalue weighted by molar-refractivity contribution is 7.99. The maximum absolute atomic E-state index is 14.3. The van der Waals surface area contributed by atoms with Crippen LogP contribution >= 0.6 is 11.8 Å². The molecule has 0 unspecified atom stereocenters. The quantitative estimate of drug-likeness (QED) is 0.180. The third-order valence-electron chi connectivity index (χ3n) is 7.56. The molecule has 0 radical (unpaired) electrons. The van der Waals surface area contributed by atoms with Crippen LogP contribution in [0.15, 0.2) is 58.5 Å². The fourth-order valence-corrected chi connectivity index (χ4v) is 6.48. The summed E-state index contributed by atoms with van der Waals surface area (Å²) >= 11 is 0.559. The van der Waals surface area contributed by atoms with Crippen molar-refractivity contribution in [3.63, 3.8) is 0 Å². The molecule has 2 aliphatic rings. The number of likely N-dealkylation sites (N-methyl/N-ethyl adjacent to an activating group) is 1. The molecular weight excluding hydrogens is 606 g/mol. The Bertz CT molecular complexity index is 1350. The summed E-state index contributed by atoms with van der Waals surface area (Å²) in [6.07, 6.45) is -4.43. The lowest BCUT2D eigenvalue weighted by Gasteiger charge is -2.33. The Kier molecular flexibility index (Phi) is 10.9. The summed E-state index contributed by atoms with van der Waals surface area (Å²) in [5, 5.41) is 3.33. The maximum atomic E-state index is 14.3. The normalized spacial score (nSPS) is 17.0. The van der Waals surface area contributed by atoms with Crippen LogP contribution in [0.3, 0.4) is 0 Å². The van der Waals surface area contributed by atoms with Gasteiger partial charge in [0.25, 0.3) is 0 Å². The molecule has 13 heteroatoms. The first-order valence-electron chi connectivity index (χ1n) is 14.5. The van der Waals surface area contributed by atoms with Crippen LogP contribution in [0.4, 0.5) is 32.0 Å². The zero-order valence-electron chi connectivity index (χ0n) is 24.6. The van der Waals surface area contributed by atoms with E-state index in [1.54, 1.807) is 32.9 Å². The van der Waals surface area contributed by atoms with E-state index in [2.05, 4.69) is 5.32 Å². The molecule has 2 saturated heterocycles. The van der Waals surface area contributed by atoms with Crippen molar-refractivity contribution in [2.75, 3.05) is 52.1 Å². The van der Waals surface area contributed by atoms with Crippen molar-refractivity contribution in [2.45, 2.75) is 60.3 Å². The predicted octanol–water partition coefficient (Wildman–Crippen LogP) is 7.02. The third-order valence-corrected chi connectivity index (χ3v) is 8.61. The fraction of sp³-hybridized carbons (Fsp3) is 0.484. The number of rotatable bonds is 9. The molecule has 1 amide bonds. The number of benzene rings is 2. The van der Waals surface area contributed by atoms with Crippen LogP contribution < -0.4 is 5.32 Å². The van der Waals surface area contributed by atoms with Gasteiger partial charge < -0.3 is 20.0 Å². The zero-order valence-corrected chi connectivity index (χ0v) is 25.4. The Morgan fingerprint density at radius 2 is 1.59 bits per heavy atom. The number of ketones is 1. The number of nitrogens with zero attached hydrogens (tertiary/aromatic N) is 3. The largest absolute Gasteiger partial charge is 0.418 e. The molecule has 0 aliphatic carbocycles. The Balaban J connectivity index is 1.55. The van der Waals surface area contributed by atoms with E-state index in [0.29, 0.717) is 67.9 Å². The van der Waals surface area contributed by atoms with Gasteiger partial charge in [-0.05, 0) is 76.5 Å². The van der Waals surface area contributed by atoms with Crippen LogP contribution in [0.2, 0.25) is 0 Å². The van der Waals surface area contributed by atoms with E-state index in [1.165, 1.54) is 12.3 Å². The van der Waals surface area contributed by atoms with Gasteiger partial charge >= 0.3 is 12.4 Å². The molecule has 240 valence electrons. The van der Waals surface area contributed by atoms with Gasteiger partial charge in [-0.1, -0.05) is 17.8 Å². The summed E-state index contributed by atoms with van der Waals surface area (Å²) in [4.78, 5) is 30.2. The number of amides is 1. The zero-order chi connectivity index (χ0) is 32.1. The lowest BCUT2D eigenvalue weighted by atomic mass is 9.96. The molecule has 2 aromatic rings. The van der Waals surface area contributed by atoms with Gasteiger partial charge in [-0.2, -0.15) is 26.3 Å². The molecule has 2 heterocycles. The minimum absolute atomic E-state index is 0.0181. The molecular formula is C31H36F6N4O2S. The first-order chi connectivity index (χ1) is 20.7. The molecule has 2 aliphatic heterocycles. The summed E-state index contributed by atoms with van der Waals surface area (Å²) in [5.41, 5.74) is -4.28. The van der Waals surface area contributed by atoms with Gasteiger partial charge in [-0.3, -0.25) is 9.59 Å². The number of likely N-dealkylation sites (tertiary alicyclic amines) is 2. The number of allylic oxidation sites excluding steroid dienone is 1. The second-order valence-electron chi connectivity index (χ2n) is 11.3. The number of piperidine rings is 2.